The van der Waals surface area contributed by atoms with Crippen LogP contribution in [0.15, 0.2) is 18.2 Å². The number of aliphatic hydroxyl groups excluding tert-OH is 1. The van der Waals surface area contributed by atoms with Gasteiger partial charge < -0.3 is 15.9 Å². The molecule has 0 aromatic heterocycles. The smallest absolute Gasteiger partial charge is 0.270 e. The minimum absolute atomic E-state index is 0.136. The monoisotopic (exact) mass is 254 g/mol. The van der Waals surface area contributed by atoms with Crippen LogP contribution >= 0.6 is 0 Å². The first-order valence-corrected chi connectivity index (χ1v) is 5.88. The van der Waals surface area contributed by atoms with E-state index in [0.717, 1.165) is 12.8 Å². The second kappa shape index (κ2) is 6.32. The van der Waals surface area contributed by atoms with E-state index in [1.165, 1.54) is 18.2 Å². The molecule has 0 unspecified atom stereocenters. The van der Waals surface area contributed by atoms with Crippen LogP contribution in [0.1, 0.15) is 37.8 Å². The molecule has 0 amide bonds. The van der Waals surface area contributed by atoms with Crippen molar-refractivity contribution < 1.29 is 15.1 Å². The van der Waals surface area contributed by atoms with Crippen LogP contribution < -0.4 is 5.73 Å². The highest BCUT2D eigenvalue weighted by Crippen LogP contribution is 2.30. The third-order valence-electron chi connectivity index (χ3n) is 2.85. The number of aliphatic hydroxyl groups is 1. The van der Waals surface area contributed by atoms with E-state index in [0.29, 0.717) is 6.42 Å². The van der Waals surface area contributed by atoms with E-state index < -0.39 is 17.1 Å². The Morgan fingerprint density at radius 3 is 2.72 bits per heavy atom. The molecule has 1 rings (SSSR count). The maximum absolute atomic E-state index is 10.6. The Morgan fingerprint density at radius 1 is 1.50 bits per heavy atom. The van der Waals surface area contributed by atoms with Gasteiger partial charge in [-0.05, 0) is 12.5 Å². The van der Waals surface area contributed by atoms with Gasteiger partial charge in [-0.1, -0.05) is 19.8 Å². The summed E-state index contributed by atoms with van der Waals surface area (Å²) in [5.41, 5.74) is 5.87. The summed E-state index contributed by atoms with van der Waals surface area (Å²) in [4.78, 5) is 10.1. The fourth-order valence-electron chi connectivity index (χ4n) is 1.72. The third kappa shape index (κ3) is 3.41. The van der Waals surface area contributed by atoms with Gasteiger partial charge in [0.25, 0.3) is 5.69 Å². The van der Waals surface area contributed by atoms with Crippen molar-refractivity contribution in [1.82, 2.24) is 0 Å². The number of nitro benzene ring substituents is 1. The first kappa shape index (κ1) is 14.4. The van der Waals surface area contributed by atoms with Gasteiger partial charge in [0.15, 0.2) is 0 Å². The molecule has 0 spiro atoms. The molecule has 4 N–H and O–H groups in total. The number of unbranched alkanes of at least 4 members (excludes halogenated alkanes) is 1. The van der Waals surface area contributed by atoms with Crippen molar-refractivity contribution >= 4 is 5.69 Å². The molecule has 2 atom stereocenters. The maximum atomic E-state index is 10.6. The lowest BCUT2D eigenvalue weighted by atomic mass is 9.97. The summed E-state index contributed by atoms with van der Waals surface area (Å²) in [6.45, 7) is 1.99. The topological polar surface area (TPSA) is 110 Å². The first-order valence-electron chi connectivity index (χ1n) is 5.88. The lowest BCUT2D eigenvalue weighted by Gasteiger charge is -2.19. The van der Waals surface area contributed by atoms with Crippen molar-refractivity contribution in [3.63, 3.8) is 0 Å². The van der Waals surface area contributed by atoms with Crippen molar-refractivity contribution in [3.8, 4) is 5.75 Å². The predicted molar refractivity (Wildman–Crippen MR) is 67.2 cm³/mol. The summed E-state index contributed by atoms with van der Waals surface area (Å²) in [7, 11) is 0. The molecule has 0 saturated carbocycles. The van der Waals surface area contributed by atoms with Crippen molar-refractivity contribution in [2.24, 2.45) is 5.73 Å². The largest absolute Gasteiger partial charge is 0.508 e. The zero-order valence-corrected chi connectivity index (χ0v) is 10.2. The first-order chi connectivity index (χ1) is 8.47. The number of phenols is 1. The Kier molecular flexibility index (Phi) is 5.06. The highest BCUT2D eigenvalue weighted by molar-refractivity contribution is 5.44. The molecule has 18 heavy (non-hydrogen) atoms. The molecule has 0 radical (unpaired) electrons. The zero-order chi connectivity index (χ0) is 13.7. The minimum atomic E-state index is -0.823. The summed E-state index contributed by atoms with van der Waals surface area (Å²) >= 11 is 0. The molecule has 0 saturated heterocycles. The summed E-state index contributed by atoms with van der Waals surface area (Å²) in [6, 6.07) is 2.80. The molecule has 1 aromatic rings. The molecular formula is C12H18N2O4. The molecule has 1 aromatic carbocycles. The van der Waals surface area contributed by atoms with Gasteiger partial charge >= 0.3 is 0 Å². The summed E-state index contributed by atoms with van der Waals surface area (Å²) in [5, 5.41) is 30.1. The van der Waals surface area contributed by atoms with Crippen LogP contribution in [-0.4, -0.2) is 21.2 Å². The molecule has 0 aliphatic carbocycles. The normalized spacial score (nSPS) is 14.2. The Bertz CT molecular complexity index is 423. The molecule has 0 aliphatic heterocycles. The van der Waals surface area contributed by atoms with E-state index in [-0.39, 0.29) is 17.0 Å². The van der Waals surface area contributed by atoms with Crippen molar-refractivity contribution in [3.05, 3.63) is 33.9 Å². The number of hydrogen-bond donors (Lipinski definition) is 3. The number of nitrogens with two attached hydrogens (primary N) is 1. The number of nitro groups is 1. The highest BCUT2D eigenvalue weighted by Gasteiger charge is 2.21. The number of benzene rings is 1. The SMILES string of the molecule is CCCC[C@@H](O)[C@@H](N)c1cc([N+](=O)[O-])ccc1O. The fourth-order valence-corrected chi connectivity index (χ4v) is 1.72. The molecule has 0 heterocycles. The fraction of sp³-hybridized carbons (Fsp3) is 0.500. The van der Waals surface area contributed by atoms with E-state index in [1.54, 1.807) is 0 Å². The molecule has 6 nitrogen and oxygen atoms in total. The molecular weight excluding hydrogens is 236 g/mol. The van der Waals surface area contributed by atoms with Gasteiger partial charge in [-0.3, -0.25) is 10.1 Å². The summed E-state index contributed by atoms with van der Waals surface area (Å²) in [6.07, 6.45) is 1.41. The van der Waals surface area contributed by atoms with E-state index in [9.17, 15) is 20.3 Å². The highest BCUT2D eigenvalue weighted by atomic mass is 16.6. The second-order valence-corrected chi connectivity index (χ2v) is 4.24. The standard InChI is InChI=1S/C12H18N2O4/c1-2-3-4-11(16)12(13)9-7-8(14(17)18)5-6-10(9)15/h5-7,11-12,15-16H,2-4,13H2,1H3/t11-,12+/m1/s1. The van der Waals surface area contributed by atoms with Crippen LogP contribution in [0.4, 0.5) is 5.69 Å². The van der Waals surface area contributed by atoms with Crippen LogP contribution in [0.2, 0.25) is 0 Å². The van der Waals surface area contributed by atoms with Crippen LogP contribution in [0.3, 0.4) is 0 Å². The Morgan fingerprint density at radius 2 is 2.17 bits per heavy atom. The number of rotatable bonds is 6. The van der Waals surface area contributed by atoms with E-state index >= 15 is 0 Å². The van der Waals surface area contributed by atoms with Crippen molar-refractivity contribution in [1.29, 1.82) is 0 Å². The minimum Gasteiger partial charge on any atom is -0.508 e. The lowest BCUT2D eigenvalue weighted by Crippen LogP contribution is -2.26. The number of phenolic OH excluding ortho intramolecular Hbond substituents is 1. The van der Waals surface area contributed by atoms with Gasteiger partial charge in [0, 0.05) is 17.7 Å². The maximum Gasteiger partial charge on any atom is 0.270 e. The average Bonchev–Trinajstić information content (AvgIpc) is 2.35. The van der Waals surface area contributed by atoms with E-state index in [2.05, 4.69) is 0 Å². The molecule has 100 valence electrons. The summed E-state index contributed by atoms with van der Waals surface area (Å²) < 4.78 is 0. The number of aromatic hydroxyl groups is 1. The van der Waals surface area contributed by atoms with Crippen LogP contribution in [-0.2, 0) is 0 Å². The number of nitrogens with zero attached hydrogens (tertiary/aromatic N) is 1. The van der Waals surface area contributed by atoms with Crippen LogP contribution in [0, 0.1) is 10.1 Å². The lowest BCUT2D eigenvalue weighted by molar-refractivity contribution is -0.385. The van der Waals surface area contributed by atoms with E-state index in [4.69, 9.17) is 5.73 Å². The van der Waals surface area contributed by atoms with Crippen molar-refractivity contribution in [2.45, 2.75) is 38.3 Å². The molecule has 0 bridgehead atoms. The van der Waals surface area contributed by atoms with Crippen molar-refractivity contribution in [2.75, 3.05) is 0 Å². The Balaban J connectivity index is 2.93. The molecule has 6 heteroatoms. The van der Waals surface area contributed by atoms with Gasteiger partial charge in [0.2, 0.25) is 0 Å². The zero-order valence-electron chi connectivity index (χ0n) is 10.2. The Labute approximate surface area is 105 Å². The summed E-state index contributed by atoms with van der Waals surface area (Å²) in [5.74, 6) is -0.136. The Hall–Kier alpha value is -1.66. The van der Waals surface area contributed by atoms with Gasteiger partial charge in [-0.25, -0.2) is 0 Å². The molecule has 0 aliphatic rings. The van der Waals surface area contributed by atoms with Crippen LogP contribution in [0.5, 0.6) is 5.75 Å². The number of non-ortho nitro benzene ring substituents is 1. The third-order valence-corrected chi connectivity index (χ3v) is 2.85. The van der Waals surface area contributed by atoms with Gasteiger partial charge in [-0.2, -0.15) is 0 Å². The van der Waals surface area contributed by atoms with Gasteiger partial charge in [0.1, 0.15) is 5.75 Å². The van der Waals surface area contributed by atoms with Crippen LogP contribution in [0.25, 0.3) is 0 Å². The second-order valence-electron chi connectivity index (χ2n) is 4.24. The number of hydrogen-bond acceptors (Lipinski definition) is 5. The predicted octanol–water partition coefficient (Wildman–Crippen LogP) is 1.85. The molecule has 0 fully saturated rings. The quantitative estimate of drug-likeness (QED) is 0.530. The van der Waals surface area contributed by atoms with Gasteiger partial charge in [-0.15, -0.1) is 0 Å². The van der Waals surface area contributed by atoms with E-state index in [1.807, 2.05) is 6.92 Å². The van der Waals surface area contributed by atoms with Gasteiger partial charge in [0.05, 0.1) is 17.1 Å². The average molecular weight is 254 g/mol.